The van der Waals surface area contributed by atoms with Gasteiger partial charge in [0.1, 0.15) is 15.7 Å². The fraction of sp³-hybridized carbons (Fsp3) is 0.263. The average Bonchev–Trinajstić information content (AvgIpc) is 3.25. The SMILES string of the molecule is COC(=O)c1sc(N)c(C(=O)OC)c1CSc1nnc(Cc2ccccc2)n1C. The molecule has 0 amide bonds. The predicted molar refractivity (Wildman–Crippen MR) is 111 cm³/mol. The van der Waals surface area contributed by atoms with Crippen LogP contribution in [0.1, 0.15) is 37.0 Å². The highest BCUT2D eigenvalue weighted by Crippen LogP contribution is 2.36. The van der Waals surface area contributed by atoms with Gasteiger partial charge in [-0.25, -0.2) is 9.59 Å². The summed E-state index contributed by atoms with van der Waals surface area (Å²) in [5.74, 6) is -0.0350. The van der Waals surface area contributed by atoms with Crippen LogP contribution in [0.15, 0.2) is 35.5 Å². The fourth-order valence-corrected chi connectivity index (χ4v) is 4.79. The summed E-state index contributed by atoms with van der Waals surface area (Å²) in [7, 11) is 4.43. The van der Waals surface area contributed by atoms with E-state index in [1.54, 1.807) is 0 Å². The summed E-state index contributed by atoms with van der Waals surface area (Å²) < 4.78 is 11.5. The minimum atomic E-state index is -0.591. The van der Waals surface area contributed by atoms with Gasteiger partial charge in [-0.05, 0) is 5.56 Å². The number of aromatic nitrogens is 3. The van der Waals surface area contributed by atoms with E-state index in [9.17, 15) is 9.59 Å². The molecule has 0 aliphatic heterocycles. The number of methoxy groups -OCH3 is 2. The molecule has 0 saturated carbocycles. The second-order valence-electron chi connectivity index (χ2n) is 6.04. The zero-order valence-electron chi connectivity index (χ0n) is 16.2. The quantitative estimate of drug-likeness (QED) is 0.448. The molecule has 2 aromatic heterocycles. The van der Waals surface area contributed by atoms with E-state index in [4.69, 9.17) is 15.2 Å². The van der Waals surface area contributed by atoms with Crippen molar-refractivity contribution in [2.75, 3.05) is 20.0 Å². The van der Waals surface area contributed by atoms with E-state index in [1.165, 1.54) is 26.0 Å². The molecule has 0 aliphatic rings. The van der Waals surface area contributed by atoms with Gasteiger partial charge in [-0.3, -0.25) is 0 Å². The highest BCUT2D eigenvalue weighted by atomic mass is 32.2. The van der Waals surface area contributed by atoms with Crippen LogP contribution in [0.4, 0.5) is 5.00 Å². The maximum absolute atomic E-state index is 12.2. The Kier molecular flexibility index (Phi) is 6.55. The topological polar surface area (TPSA) is 109 Å². The number of carbonyl (C=O) groups excluding carboxylic acids is 2. The average molecular weight is 433 g/mol. The molecule has 0 unspecified atom stereocenters. The van der Waals surface area contributed by atoms with Crippen LogP contribution in [0, 0.1) is 0 Å². The summed E-state index contributed by atoms with van der Waals surface area (Å²) in [6, 6.07) is 9.98. The number of anilines is 1. The van der Waals surface area contributed by atoms with Gasteiger partial charge in [0.15, 0.2) is 5.16 Å². The first-order valence-corrected chi connectivity index (χ1v) is 10.4. The molecular formula is C19H20N4O4S2. The number of nitrogens with zero attached hydrogens (tertiary/aromatic N) is 3. The highest BCUT2D eigenvalue weighted by Gasteiger charge is 2.27. The van der Waals surface area contributed by atoms with Gasteiger partial charge in [0.2, 0.25) is 0 Å². The van der Waals surface area contributed by atoms with Gasteiger partial charge in [-0.2, -0.15) is 0 Å². The van der Waals surface area contributed by atoms with E-state index >= 15 is 0 Å². The van der Waals surface area contributed by atoms with Crippen molar-refractivity contribution in [3.05, 3.63) is 57.7 Å². The van der Waals surface area contributed by atoms with Crippen LogP contribution < -0.4 is 5.73 Å². The highest BCUT2D eigenvalue weighted by molar-refractivity contribution is 7.98. The number of thiophene rings is 1. The third-order valence-electron chi connectivity index (χ3n) is 4.27. The van der Waals surface area contributed by atoms with Gasteiger partial charge in [0, 0.05) is 24.8 Å². The standard InChI is InChI=1S/C19H20N4O4S2/c1-23-13(9-11-7-5-4-6-8-11)21-22-19(23)28-10-12-14(17(24)26-2)16(20)29-15(12)18(25)27-3/h4-8H,9-10,20H2,1-3H3. The van der Waals surface area contributed by atoms with Gasteiger partial charge in [0.05, 0.1) is 19.8 Å². The molecule has 0 saturated heterocycles. The van der Waals surface area contributed by atoms with E-state index in [2.05, 4.69) is 10.2 Å². The van der Waals surface area contributed by atoms with Crippen molar-refractivity contribution in [1.29, 1.82) is 0 Å². The van der Waals surface area contributed by atoms with E-state index in [0.29, 0.717) is 22.9 Å². The van der Waals surface area contributed by atoms with Crippen molar-refractivity contribution in [2.45, 2.75) is 17.3 Å². The molecule has 2 N–H and O–H groups in total. The van der Waals surface area contributed by atoms with Crippen LogP contribution in [0.2, 0.25) is 0 Å². The number of hydrogen-bond donors (Lipinski definition) is 1. The first-order valence-electron chi connectivity index (χ1n) is 8.59. The number of thioether (sulfide) groups is 1. The molecule has 0 atom stereocenters. The Balaban J connectivity index is 1.84. The minimum absolute atomic E-state index is 0.192. The largest absolute Gasteiger partial charge is 0.465 e. The lowest BCUT2D eigenvalue weighted by molar-refractivity contribution is 0.0601. The first kappa shape index (κ1) is 20.9. The number of carbonyl (C=O) groups is 2. The van der Waals surface area contributed by atoms with Crippen LogP contribution >= 0.6 is 23.1 Å². The monoisotopic (exact) mass is 432 g/mol. The minimum Gasteiger partial charge on any atom is -0.465 e. The second-order valence-corrected chi connectivity index (χ2v) is 8.04. The Morgan fingerprint density at radius 3 is 2.48 bits per heavy atom. The zero-order chi connectivity index (χ0) is 21.0. The summed E-state index contributed by atoms with van der Waals surface area (Å²) in [6.45, 7) is 0. The lowest BCUT2D eigenvalue weighted by Crippen LogP contribution is -2.09. The van der Waals surface area contributed by atoms with Crippen LogP contribution in [0.5, 0.6) is 0 Å². The molecular weight excluding hydrogens is 412 g/mol. The molecule has 0 bridgehead atoms. The predicted octanol–water partition coefficient (Wildman–Crippen LogP) is 2.92. The van der Waals surface area contributed by atoms with Crippen LogP contribution in [-0.4, -0.2) is 40.9 Å². The Labute approximate surface area is 176 Å². The summed E-state index contributed by atoms with van der Waals surface area (Å²) >= 11 is 2.36. The van der Waals surface area contributed by atoms with E-state index < -0.39 is 11.9 Å². The summed E-state index contributed by atoms with van der Waals surface area (Å²) in [5, 5.41) is 9.38. The Morgan fingerprint density at radius 1 is 1.14 bits per heavy atom. The van der Waals surface area contributed by atoms with Crippen molar-refractivity contribution < 1.29 is 19.1 Å². The van der Waals surface area contributed by atoms with Gasteiger partial charge in [0.25, 0.3) is 0 Å². The number of nitrogens with two attached hydrogens (primary N) is 1. The van der Waals surface area contributed by atoms with E-state index in [-0.39, 0.29) is 15.4 Å². The Morgan fingerprint density at radius 2 is 1.83 bits per heavy atom. The molecule has 3 rings (SSSR count). The number of benzene rings is 1. The number of esters is 2. The molecule has 29 heavy (non-hydrogen) atoms. The van der Waals surface area contributed by atoms with Gasteiger partial charge < -0.3 is 19.8 Å². The zero-order valence-corrected chi connectivity index (χ0v) is 17.8. The Bertz CT molecular complexity index is 1030. The third kappa shape index (κ3) is 4.43. The fourth-order valence-electron chi connectivity index (χ4n) is 2.75. The van der Waals surface area contributed by atoms with Crippen molar-refractivity contribution >= 4 is 40.0 Å². The number of nitrogen functional groups attached to an aromatic ring is 1. The smallest absolute Gasteiger partial charge is 0.348 e. The summed E-state index contributed by atoms with van der Waals surface area (Å²) in [6.07, 6.45) is 0.650. The van der Waals surface area contributed by atoms with Crippen LogP contribution in [0.25, 0.3) is 0 Å². The molecule has 152 valence electrons. The molecule has 8 nitrogen and oxygen atoms in total. The van der Waals surface area contributed by atoms with Crippen molar-refractivity contribution in [1.82, 2.24) is 14.8 Å². The molecule has 1 aromatic carbocycles. The molecule has 0 spiro atoms. The third-order valence-corrected chi connectivity index (χ3v) is 6.36. The second kappa shape index (κ2) is 9.10. The maximum atomic E-state index is 12.2. The first-order chi connectivity index (χ1) is 14.0. The van der Waals surface area contributed by atoms with Crippen molar-refractivity contribution in [3.8, 4) is 0 Å². The molecule has 2 heterocycles. The molecule has 0 aliphatic carbocycles. The normalized spacial score (nSPS) is 10.7. The number of ether oxygens (including phenoxy) is 2. The summed E-state index contributed by atoms with van der Waals surface area (Å²) in [4.78, 5) is 24.6. The molecule has 0 fully saturated rings. The molecule has 3 aromatic rings. The number of hydrogen-bond acceptors (Lipinski definition) is 9. The van der Waals surface area contributed by atoms with Crippen LogP contribution in [-0.2, 0) is 28.7 Å². The van der Waals surface area contributed by atoms with Crippen LogP contribution in [0.3, 0.4) is 0 Å². The molecule has 0 radical (unpaired) electrons. The lowest BCUT2D eigenvalue weighted by Gasteiger charge is -2.07. The summed E-state index contributed by atoms with van der Waals surface area (Å²) in [5.41, 5.74) is 7.77. The van der Waals surface area contributed by atoms with Crippen molar-refractivity contribution in [2.24, 2.45) is 7.05 Å². The van der Waals surface area contributed by atoms with Gasteiger partial charge in [-0.1, -0.05) is 42.1 Å². The molecule has 10 heteroatoms. The van der Waals surface area contributed by atoms with E-state index in [0.717, 1.165) is 22.7 Å². The Hall–Kier alpha value is -2.85. The number of rotatable bonds is 7. The van der Waals surface area contributed by atoms with Gasteiger partial charge >= 0.3 is 11.9 Å². The van der Waals surface area contributed by atoms with Gasteiger partial charge in [-0.15, -0.1) is 21.5 Å². The maximum Gasteiger partial charge on any atom is 0.348 e. The van der Waals surface area contributed by atoms with Crippen molar-refractivity contribution in [3.63, 3.8) is 0 Å². The lowest BCUT2D eigenvalue weighted by atomic mass is 10.1. The van der Waals surface area contributed by atoms with E-state index in [1.807, 2.05) is 41.9 Å².